The molecule has 2 rings (SSSR count). The fourth-order valence-electron chi connectivity index (χ4n) is 2.15. The van der Waals surface area contributed by atoms with Crippen LogP contribution in [0.5, 0.6) is 0 Å². The summed E-state index contributed by atoms with van der Waals surface area (Å²) in [7, 11) is 2.04. The summed E-state index contributed by atoms with van der Waals surface area (Å²) in [6.07, 6.45) is 1.20. The number of nitrogens with zero attached hydrogens (tertiary/aromatic N) is 1. The van der Waals surface area contributed by atoms with Crippen LogP contribution in [-0.4, -0.2) is 28.8 Å². The van der Waals surface area contributed by atoms with E-state index in [4.69, 9.17) is 0 Å². The minimum absolute atomic E-state index is 0.532. The fraction of sp³-hybridized carbons (Fsp3) is 0.533. The molecule has 4 heteroatoms. The molecular formula is C15H23N3S. The van der Waals surface area contributed by atoms with Crippen molar-refractivity contribution in [2.45, 2.75) is 38.4 Å². The molecule has 0 spiro atoms. The van der Waals surface area contributed by atoms with E-state index in [1.165, 1.54) is 12.0 Å². The average Bonchev–Trinajstić information content (AvgIpc) is 2.80. The smallest absolute Gasteiger partial charge is 0.166 e. The van der Waals surface area contributed by atoms with Crippen molar-refractivity contribution in [2.24, 2.45) is 5.92 Å². The van der Waals surface area contributed by atoms with Gasteiger partial charge in [-0.05, 0) is 37.6 Å². The van der Waals surface area contributed by atoms with Crippen molar-refractivity contribution in [1.82, 2.24) is 15.3 Å². The first-order valence-electron chi connectivity index (χ1n) is 6.90. The molecule has 0 fully saturated rings. The van der Waals surface area contributed by atoms with Gasteiger partial charge in [0.1, 0.15) is 0 Å². The number of aryl methyl sites for hydroxylation is 1. The molecule has 0 aliphatic rings. The highest BCUT2D eigenvalue weighted by atomic mass is 32.2. The van der Waals surface area contributed by atoms with Crippen molar-refractivity contribution in [1.29, 1.82) is 0 Å². The van der Waals surface area contributed by atoms with Crippen LogP contribution in [0.1, 0.15) is 25.8 Å². The van der Waals surface area contributed by atoms with Crippen LogP contribution in [0.15, 0.2) is 23.4 Å². The van der Waals surface area contributed by atoms with Gasteiger partial charge in [0.2, 0.25) is 0 Å². The number of H-pyrrole nitrogens is 1. The summed E-state index contributed by atoms with van der Waals surface area (Å²) in [6.45, 7) is 6.64. The van der Waals surface area contributed by atoms with Crippen LogP contribution < -0.4 is 5.32 Å². The first-order chi connectivity index (χ1) is 9.13. The van der Waals surface area contributed by atoms with E-state index in [2.05, 4.69) is 54.3 Å². The summed E-state index contributed by atoms with van der Waals surface area (Å²) in [6, 6.07) is 6.86. The van der Waals surface area contributed by atoms with E-state index < -0.39 is 0 Å². The van der Waals surface area contributed by atoms with Crippen molar-refractivity contribution in [3.63, 3.8) is 0 Å². The minimum Gasteiger partial charge on any atom is -0.333 e. The van der Waals surface area contributed by atoms with Gasteiger partial charge in [-0.2, -0.15) is 0 Å². The van der Waals surface area contributed by atoms with Gasteiger partial charge in [0.15, 0.2) is 5.16 Å². The Hall–Kier alpha value is -1.00. The lowest BCUT2D eigenvalue weighted by atomic mass is 10.0. The van der Waals surface area contributed by atoms with E-state index >= 15 is 0 Å². The third-order valence-corrected chi connectivity index (χ3v) is 4.71. The number of hydrogen-bond donors (Lipinski definition) is 2. The van der Waals surface area contributed by atoms with Crippen molar-refractivity contribution in [3.05, 3.63) is 23.8 Å². The maximum atomic E-state index is 4.62. The second-order valence-corrected chi connectivity index (χ2v) is 6.16. The van der Waals surface area contributed by atoms with E-state index in [0.717, 1.165) is 21.9 Å². The minimum atomic E-state index is 0.532. The molecule has 104 valence electrons. The predicted octanol–water partition coefficient (Wildman–Crippen LogP) is 3.60. The molecule has 2 aromatic rings. The summed E-state index contributed by atoms with van der Waals surface area (Å²) in [5.41, 5.74) is 3.45. The summed E-state index contributed by atoms with van der Waals surface area (Å²) >= 11 is 1.80. The van der Waals surface area contributed by atoms with Gasteiger partial charge in [0.25, 0.3) is 0 Å². The Morgan fingerprint density at radius 2 is 2.21 bits per heavy atom. The summed E-state index contributed by atoms with van der Waals surface area (Å²) in [4.78, 5) is 8.02. The zero-order chi connectivity index (χ0) is 13.8. The highest BCUT2D eigenvalue weighted by molar-refractivity contribution is 7.99. The number of thioether (sulfide) groups is 1. The van der Waals surface area contributed by atoms with Gasteiger partial charge in [0.05, 0.1) is 11.0 Å². The number of fused-ring (bicyclic) bond motifs is 1. The van der Waals surface area contributed by atoms with Gasteiger partial charge < -0.3 is 10.3 Å². The lowest BCUT2D eigenvalue weighted by Crippen LogP contribution is -2.34. The largest absolute Gasteiger partial charge is 0.333 e. The normalized spacial score (nSPS) is 14.7. The summed E-state index contributed by atoms with van der Waals surface area (Å²) in [5.74, 6) is 1.73. The number of benzene rings is 1. The van der Waals surface area contributed by atoms with Crippen LogP contribution in [-0.2, 0) is 0 Å². The molecule has 1 aromatic heterocycles. The molecule has 1 aromatic carbocycles. The van der Waals surface area contributed by atoms with Crippen molar-refractivity contribution < 1.29 is 0 Å². The number of nitrogens with one attached hydrogen (secondary N) is 2. The highest BCUT2D eigenvalue weighted by Crippen LogP contribution is 2.22. The van der Waals surface area contributed by atoms with Gasteiger partial charge in [0, 0.05) is 11.8 Å². The third-order valence-electron chi connectivity index (χ3n) is 3.72. The molecular weight excluding hydrogens is 254 g/mol. The molecule has 0 aliphatic carbocycles. The zero-order valence-corrected chi connectivity index (χ0v) is 13.0. The standard InChI is InChI=1S/C15H23N3S/c1-5-11(3)14(16-4)9-19-15-17-12-7-6-10(2)8-13(12)18-15/h6-8,11,14,16H,5,9H2,1-4H3,(H,17,18). The van der Waals surface area contributed by atoms with Crippen LogP contribution in [0.3, 0.4) is 0 Å². The first-order valence-corrected chi connectivity index (χ1v) is 7.89. The van der Waals surface area contributed by atoms with E-state index in [9.17, 15) is 0 Å². The van der Waals surface area contributed by atoms with Crippen LogP contribution in [0.25, 0.3) is 11.0 Å². The molecule has 0 saturated carbocycles. The molecule has 0 bridgehead atoms. The molecule has 3 nitrogen and oxygen atoms in total. The van der Waals surface area contributed by atoms with Gasteiger partial charge in [-0.3, -0.25) is 0 Å². The number of aromatic amines is 1. The molecule has 0 amide bonds. The third kappa shape index (κ3) is 3.51. The van der Waals surface area contributed by atoms with E-state index in [0.29, 0.717) is 12.0 Å². The quantitative estimate of drug-likeness (QED) is 0.793. The predicted molar refractivity (Wildman–Crippen MR) is 83.9 cm³/mol. The average molecular weight is 277 g/mol. The fourth-order valence-corrected chi connectivity index (χ4v) is 3.33. The Labute approximate surface area is 119 Å². The van der Waals surface area contributed by atoms with Gasteiger partial charge in [-0.1, -0.05) is 38.1 Å². The molecule has 1 heterocycles. The second kappa shape index (κ2) is 6.44. The number of aromatic nitrogens is 2. The highest BCUT2D eigenvalue weighted by Gasteiger charge is 2.14. The Morgan fingerprint density at radius 1 is 1.42 bits per heavy atom. The maximum absolute atomic E-state index is 4.62. The van der Waals surface area contributed by atoms with E-state index in [1.807, 2.05) is 7.05 Å². The Morgan fingerprint density at radius 3 is 2.89 bits per heavy atom. The van der Waals surface area contributed by atoms with E-state index in [-0.39, 0.29) is 0 Å². The molecule has 2 atom stereocenters. The van der Waals surface area contributed by atoms with Crippen LogP contribution >= 0.6 is 11.8 Å². The van der Waals surface area contributed by atoms with Crippen LogP contribution in [0.2, 0.25) is 0 Å². The Balaban J connectivity index is 2.05. The number of rotatable bonds is 6. The van der Waals surface area contributed by atoms with Crippen molar-refractivity contribution in [3.8, 4) is 0 Å². The molecule has 0 aliphatic heterocycles. The zero-order valence-electron chi connectivity index (χ0n) is 12.2. The van der Waals surface area contributed by atoms with Gasteiger partial charge in [-0.25, -0.2) is 4.98 Å². The van der Waals surface area contributed by atoms with Crippen molar-refractivity contribution >= 4 is 22.8 Å². The topological polar surface area (TPSA) is 40.7 Å². The SMILES string of the molecule is CCC(C)C(CSc1nc2ccc(C)cc2[nH]1)NC. The monoisotopic (exact) mass is 277 g/mol. The maximum Gasteiger partial charge on any atom is 0.166 e. The van der Waals surface area contributed by atoms with Gasteiger partial charge in [-0.15, -0.1) is 0 Å². The first kappa shape index (κ1) is 14.4. The summed E-state index contributed by atoms with van der Waals surface area (Å²) < 4.78 is 0. The lowest BCUT2D eigenvalue weighted by molar-refractivity contribution is 0.420. The molecule has 2 N–H and O–H groups in total. The Bertz CT molecular complexity index is 535. The lowest BCUT2D eigenvalue weighted by Gasteiger charge is -2.21. The molecule has 0 radical (unpaired) electrons. The summed E-state index contributed by atoms with van der Waals surface area (Å²) in [5, 5.41) is 4.42. The molecule has 2 unspecified atom stereocenters. The van der Waals surface area contributed by atoms with Crippen LogP contribution in [0, 0.1) is 12.8 Å². The second-order valence-electron chi connectivity index (χ2n) is 5.15. The van der Waals surface area contributed by atoms with Gasteiger partial charge >= 0.3 is 0 Å². The van der Waals surface area contributed by atoms with Crippen LogP contribution in [0.4, 0.5) is 0 Å². The number of imidazole rings is 1. The molecule has 19 heavy (non-hydrogen) atoms. The molecule has 0 saturated heterocycles. The van der Waals surface area contributed by atoms with Crippen molar-refractivity contribution in [2.75, 3.05) is 12.8 Å². The number of hydrogen-bond acceptors (Lipinski definition) is 3. The van der Waals surface area contributed by atoms with E-state index in [1.54, 1.807) is 11.8 Å². The Kier molecular flexibility index (Phi) is 4.88.